The molecule has 1 fully saturated rings. The normalized spacial score (nSPS) is 14.9. The summed E-state index contributed by atoms with van der Waals surface area (Å²) in [4.78, 5) is 5.55. The van der Waals surface area contributed by atoms with Crippen molar-refractivity contribution in [2.75, 3.05) is 0 Å². The van der Waals surface area contributed by atoms with E-state index in [0.717, 1.165) is 39.8 Å². The van der Waals surface area contributed by atoms with Gasteiger partial charge in [-0.2, -0.15) is 0 Å². The molecule has 2 aromatic rings. The van der Waals surface area contributed by atoms with Gasteiger partial charge in [0.15, 0.2) is 0 Å². The molecule has 0 spiro atoms. The van der Waals surface area contributed by atoms with Gasteiger partial charge in [-0.3, -0.25) is 4.98 Å². The fraction of sp³-hybridized carbons (Fsp3) is 0.500. The molecule has 0 aliphatic heterocycles. The molecule has 1 saturated carbocycles. The molecule has 0 bridgehead atoms. The van der Waals surface area contributed by atoms with E-state index in [4.69, 9.17) is 5.73 Å². The molecular weight excluding hydrogens is 260 g/mol. The first-order valence-electron chi connectivity index (χ1n) is 6.32. The summed E-state index contributed by atoms with van der Waals surface area (Å²) < 4.78 is 1.91. The van der Waals surface area contributed by atoms with Crippen molar-refractivity contribution in [1.29, 1.82) is 0 Å². The summed E-state index contributed by atoms with van der Waals surface area (Å²) in [5, 5.41) is 12.8. The molecule has 0 radical (unpaired) electrons. The number of tetrazole rings is 1. The monoisotopic (exact) mass is 276 g/mol. The van der Waals surface area contributed by atoms with E-state index >= 15 is 0 Å². The average Bonchev–Trinajstić information content (AvgIpc) is 3.10. The third-order valence-electron chi connectivity index (χ3n) is 3.18. The molecule has 7 heteroatoms. The average molecular weight is 276 g/mol. The Labute approximate surface area is 115 Å². The van der Waals surface area contributed by atoms with Crippen LogP contribution in [0.25, 0.3) is 0 Å². The fourth-order valence-electron chi connectivity index (χ4n) is 2.06. The van der Waals surface area contributed by atoms with Crippen molar-refractivity contribution in [3.63, 3.8) is 0 Å². The Hall–Kier alpha value is -1.47. The van der Waals surface area contributed by atoms with Gasteiger partial charge in [-0.15, -0.1) is 5.10 Å². The van der Waals surface area contributed by atoms with Crippen LogP contribution in [0.5, 0.6) is 0 Å². The maximum absolute atomic E-state index is 5.83. The molecule has 0 amide bonds. The van der Waals surface area contributed by atoms with Crippen molar-refractivity contribution >= 4 is 11.8 Å². The number of aromatic nitrogens is 5. The smallest absolute Gasteiger partial charge is 0.214 e. The summed E-state index contributed by atoms with van der Waals surface area (Å²) in [5.41, 5.74) is 8.87. The van der Waals surface area contributed by atoms with Crippen molar-refractivity contribution in [2.24, 2.45) is 5.73 Å². The molecule has 0 atom stereocenters. The highest BCUT2D eigenvalue weighted by molar-refractivity contribution is 7.99. The zero-order valence-electron chi connectivity index (χ0n) is 11.0. The highest BCUT2D eigenvalue weighted by Gasteiger charge is 2.28. The Balaban J connectivity index is 1.96. The Morgan fingerprint density at radius 1 is 1.42 bits per heavy atom. The van der Waals surface area contributed by atoms with Crippen LogP contribution in [0.3, 0.4) is 0 Å². The molecule has 100 valence electrons. The maximum atomic E-state index is 5.83. The Morgan fingerprint density at radius 3 is 2.89 bits per heavy atom. The maximum Gasteiger partial charge on any atom is 0.214 e. The van der Waals surface area contributed by atoms with E-state index < -0.39 is 0 Å². The molecule has 3 rings (SSSR count). The van der Waals surface area contributed by atoms with Crippen LogP contribution in [-0.2, 0) is 6.54 Å². The Kier molecular flexibility index (Phi) is 3.24. The first-order valence-corrected chi connectivity index (χ1v) is 7.13. The van der Waals surface area contributed by atoms with Crippen LogP contribution in [0.4, 0.5) is 0 Å². The van der Waals surface area contributed by atoms with E-state index in [1.165, 1.54) is 0 Å². The highest BCUT2D eigenvalue weighted by Crippen LogP contribution is 2.38. The SMILES string of the molecule is Cc1cc(Sc2nnnn2C2CC2)c(CN)c(C)n1. The summed E-state index contributed by atoms with van der Waals surface area (Å²) in [6, 6.07) is 2.52. The number of hydrogen-bond donors (Lipinski definition) is 1. The van der Waals surface area contributed by atoms with Gasteiger partial charge < -0.3 is 5.73 Å². The second kappa shape index (κ2) is 4.90. The van der Waals surface area contributed by atoms with Crippen LogP contribution in [-0.4, -0.2) is 25.2 Å². The minimum Gasteiger partial charge on any atom is -0.326 e. The molecule has 0 unspecified atom stereocenters. The number of nitrogens with zero attached hydrogens (tertiary/aromatic N) is 5. The van der Waals surface area contributed by atoms with Crippen LogP contribution in [0.15, 0.2) is 16.1 Å². The van der Waals surface area contributed by atoms with Crippen LogP contribution >= 0.6 is 11.8 Å². The molecule has 2 aromatic heterocycles. The first kappa shape index (κ1) is 12.6. The van der Waals surface area contributed by atoms with Crippen LogP contribution in [0.2, 0.25) is 0 Å². The summed E-state index contributed by atoms with van der Waals surface area (Å²) in [7, 11) is 0. The third kappa shape index (κ3) is 2.48. The minimum absolute atomic E-state index is 0.475. The van der Waals surface area contributed by atoms with Crippen molar-refractivity contribution in [2.45, 2.75) is 49.3 Å². The first-order chi connectivity index (χ1) is 9.19. The topological polar surface area (TPSA) is 82.5 Å². The second-order valence-electron chi connectivity index (χ2n) is 4.77. The van der Waals surface area contributed by atoms with Gasteiger partial charge in [0.25, 0.3) is 0 Å². The van der Waals surface area contributed by atoms with Crippen LogP contribution < -0.4 is 5.73 Å². The van der Waals surface area contributed by atoms with E-state index in [0.29, 0.717) is 12.6 Å². The lowest BCUT2D eigenvalue weighted by molar-refractivity contribution is 0.565. The van der Waals surface area contributed by atoms with Crippen molar-refractivity contribution < 1.29 is 0 Å². The fourth-order valence-corrected chi connectivity index (χ4v) is 3.19. The molecule has 0 aromatic carbocycles. The Bertz CT molecular complexity index is 604. The van der Waals surface area contributed by atoms with E-state index in [1.807, 2.05) is 24.6 Å². The van der Waals surface area contributed by atoms with Gasteiger partial charge in [0.1, 0.15) is 0 Å². The summed E-state index contributed by atoms with van der Waals surface area (Å²) in [6.45, 7) is 4.46. The second-order valence-corrected chi connectivity index (χ2v) is 5.78. The van der Waals surface area contributed by atoms with E-state index in [1.54, 1.807) is 11.8 Å². The zero-order chi connectivity index (χ0) is 13.4. The van der Waals surface area contributed by atoms with Gasteiger partial charge in [0, 0.05) is 28.4 Å². The zero-order valence-corrected chi connectivity index (χ0v) is 11.8. The molecule has 1 aliphatic carbocycles. The van der Waals surface area contributed by atoms with Crippen LogP contribution in [0.1, 0.15) is 35.8 Å². The molecule has 6 nitrogen and oxygen atoms in total. The van der Waals surface area contributed by atoms with Gasteiger partial charge in [-0.1, -0.05) is 0 Å². The quantitative estimate of drug-likeness (QED) is 0.914. The lowest BCUT2D eigenvalue weighted by atomic mass is 10.2. The molecular formula is C12H16N6S. The number of rotatable bonds is 4. The minimum atomic E-state index is 0.475. The van der Waals surface area contributed by atoms with Gasteiger partial charge in [0.05, 0.1) is 6.04 Å². The molecule has 0 saturated heterocycles. The summed E-state index contributed by atoms with van der Waals surface area (Å²) >= 11 is 1.58. The standard InChI is InChI=1S/C12H16N6S/c1-7-5-11(10(6-13)8(2)14-7)19-12-15-16-17-18(12)9-3-4-9/h5,9H,3-4,6,13H2,1-2H3. The van der Waals surface area contributed by atoms with Gasteiger partial charge in [-0.05, 0) is 54.9 Å². The van der Waals surface area contributed by atoms with Gasteiger partial charge >= 0.3 is 0 Å². The lowest BCUT2D eigenvalue weighted by Crippen LogP contribution is -2.05. The van der Waals surface area contributed by atoms with E-state index in [-0.39, 0.29) is 0 Å². The van der Waals surface area contributed by atoms with Crippen molar-refractivity contribution in [1.82, 2.24) is 25.2 Å². The number of hydrogen-bond acceptors (Lipinski definition) is 6. The van der Waals surface area contributed by atoms with Crippen LogP contribution in [0, 0.1) is 13.8 Å². The van der Waals surface area contributed by atoms with Gasteiger partial charge in [-0.25, -0.2) is 4.68 Å². The number of aryl methyl sites for hydroxylation is 2. The van der Waals surface area contributed by atoms with Gasteiger partial charge in [0.2, 0.25) is 5.16 Å². The summed E-state index contributed by atoms with van der Waals surface area (Å²) in [5.74, 6) is 0. The molecule has 2 N–H and O–H groups in total. The predicted octanol–water partition coefficient (Wildman–Crippen LogP) is 1.63. The number of pyridine rings is 1. The molecule has 19 heavy (non-hydrogen) atoms. The highest BCUT2D eigenvalue weighted by atomic mass is 32.2. The predicted molar refractivity (Wildman–Crippen MR) is 71.8 cm³/mol. The molecule has 2 heterocycles. The van der Waals surface area contributed by atoms with Crippen molar-refractivity contribution in [3.05, 3.63) is 23.0 Å². The van der Waals surface area contributed by atoms with E-state index in [2.05, 4.69) is 20.5 Å². The largest absolute Gasteiger partial charge is 0.326 e. The number of nitrogens with two attached hydrogens (primary N) is 1. The van der Waals surface area contributed by atoms with Crippen molar-refractivity contribution in [3.8, 4) is 0 Å². The third-order valence-corrected chi connectivity index (χ3v) is 4.21. The Morgan fingerprint density at radius 2 is 2.21 bits per heavy atom. The molecule has 1 aliphatic rings. The summed E-state index contributed by atoms with van der Waals surface area (Å²) in [6.07, 6.45) is 2.33. The lowest BCUT2D eigenvalue weighted by Gasteiger charge is -2.10. The van der Waals surface area contributed by atoms with E-state index in [9.17, 15) is 0 Å².